The van der Waals surface area contributed by atoms with Crippen LogP contribution in [0.3, 0.4) is 0 Å². The first-order valence-corrected chi connectivity index (χ1v) is 6.13. The molecule has 20 heavy (non-hydrogen) atoms. The molecule has 0 spiro atoms. The number of cyclic esters (lactones) is 1. The fourth-order valence-electron chi connectivity index (χ4n) is 2.11. The Bertz CT molecular complexity index is 744. The Balaban J connectivity index is 1.92. The number of hydrogen-bond acceptors (Lipinski definition) is 4. The van der Waals surface area contributed by atoms with Gasteiger partial charge >= 0.3 is 5.97 Å². The quantitative estimate of drug-likeness (QED) is 0.616. The Labute approximate surface area is 116 Å². The molecule has 0 fully saturated rings. The highest BCUT2D eigenvalue weighted by Gasteiger charge is 2.29. The molecule has 0 aliphatic carbocycles. The van der Waals surface area contributed by atoms with Crippen molar-refractivity contribution in [2.45, 2.75) is 6.10 Å². The molecule has 0 amide bonds. The molecule has 96 valence electrons. The minimum absolute atomic E-state index is 0.342. The van der Waals surface area contributed by atoms with Gasteiger partial charge in [-0.3, -0.25) is 4.99 Å². The van der Waals surface area contributed by atoms with Crippen LogP contribution in [0.4, 0.5) is 5.69 Å². The zero-order valence-corrected chi connectivity index (χ0v) is 10.5. The van der Waals surface area contributed by atoms with Crippen LogP contribution in [0, 0.1) is 11.3 Å². The van der Waals surface area contributed by atoms with Gasteiger partial charge in [-0.15, -0.1) is 0 Å². The molecule has 0 saturated heterocycles. The molecule has 4 heteroatoms. The summed E-state index contributed by atoms with van der Waals surface area (Å²) in [6.07, 6.45) is 1.06. The predicted molar refractivity (Wildman–Crippen MR) is 73.9 cm³/mol. The summed E-state index contributed by atoms with van der Waals surface area (Å²) in [7, 11) is 0. The maximum Gasteiger partial charge on any atom is 0.339 e. The fraction of sp³-hybridized carbons (Fsp3) is 0.0625. The van der Waals surface area contributed by atoms with Crippen molar-refractivity contribution in [3.05, 3.63) is 65.2 Å². The van der Waals surface area contributed by atoms with E-state index in [0.29, 0.717) is 16.8 Å². The van der Waals surface area contributed by atoms with Gasteiger partial charge in [0.2, 0.25) is 0 Å². The van der Waals surface area contributed by atoms with Crippen LogP contribution in [-0.4, -0.2) is 12.2 Å². The van der Waals surface area contributed by atoms with Gasteiger partial charge in [0.15, 0.2) is 6.10 Å². The van der Waals surface area contributed by atoms with Crippen LogP contribution in [0.1, 0.15) is 27.6 Å². The summed E-state index contributed by atoms with van der Waals surface area (Å²) >= 11 is 0. The van der Waals surface area contributed by atoms with Crippen molar-refractivity contribution < 1.29 is 9.53 Å². The van der Waals surface area contributed by atoms with E-state index in [1.165, 1.54) is 0 Å². The number of carbonyl (C=O) groups excluding carboxylic acids is 1. The number of aliphatic imine (C=N–C) groups is 1. The standard InChI is InChI=1S/C16H10N2O2/c17-9-11-5-1-4-8-14(11)18-10-15-12-6-2-3-7-13(12)16(19)20-15/h1-8,10,15H. The number of rotatable bonds is 2. The van der Waals surface area contributed by atoms with Crippen molar-refractivity contribution in [3.8, 4) is 6.07 Å². The minimum atomic E-state index is -0.495. The van der Waals surface area contributed by atoms with Crippen molar-refractivity contribution >= 4 is 17.9 Å². The molecule has 1 atom stereocenters. The summed E-state index contributed by atoms with van der Waals surface area (Å²) in [6.45, 7) is 0. The molecule has 0 aromatic heterocycles. The summed E-state index contributed by atoms with van der Waals surface area (Å²) in [5.41, 5.74) is 2.42. The number of fused-ring (bicyclic) bond motifs is 1. The monoisotopic (exact) mass is 262 g/mol. The largest absolute Gasteiger partial charge is 0.448 e. The number of benzene rings is 2. The first-order chi connectivity index (χ1) is 9.79. The number of esters is 1. The molecule has 2 aromatic carbocycles. The van der Waals surface area contributed by atoms with Gasteiger partial charge in [0.1, 0.15) is 6.07 Å². The van der Waals surface area contributed by atoms with Crippen molar-refractivity contribution in [1.29, 1.82) is 5.26 Å². The Kier molecular flexibility index (Phi) is 3.02. The topological polar surface area (TPSA) is 62.4 Å². The lowest BCUT2D eigenvalue weighted by molar-refractivity contribution is 0.0500. The maximum absolute atomic E-state index is 11.7. The predicted octanol–water partition coefficient (Wildman–Crippen LogP) is 3.17. The zero-order chi connectivity index (χ0) is 13.9. The highest BCUT2D eigenvalue weighted by molar-refractivity contribution is 5.97. The lowest BCUT2D eigenvalue weighted by Gasteiger charge is -2.04. The molecule has 4 nitrogen and oxygen atoms in total. The van der Waals surface area contributed by atoms with Gasteiger partial charge < -0.3 is 4.74 Å². The van der Waals surface area contributed by atoms with Gasteiger partial charge in [-0.1, -0.05) is 30.3 Å². The third kappa shape index (κ3) is 2.06. The second-order valence-electron chi connectivity index (χ2n) is 4.32. The molecule has 1 unspecified atom stereocenters. The van der Waals surface area contributed by atoms with Gasteiger partial charge in [-0.2, -0.15) is 5.26 Å². The van der Waals surface area contributed by atoms with E-state index in [9.17, 15) is 4.79 Å². The highest BCUT2D eigenvalue weighted by Crippen LogP contribution is 2.29. The lowest BCUT2D eigenvalue weighted by atomic mass is 10.1. The Morgan fingerprint density at radius 3 is 2.75 bits per heavy atom. The van der Waals surface area contributed by atoms with Gasteiger partial charge in [0, 0.05) is 5.56 Å². The van der Waals surface area contributed by atoms with E-state index in [1.54, 1.807) is 36.5 Å². The van der Waals surface area contributed by atoms with E-state index in [0.717, 1.165) is 5.56 Å². The molecule has 3 rings (SSSR count). The average molecular weight is 262 g/mol. The van der Waals surface area contributed by atoms with Crippen molar-refractivity contribution in [1.82, 2.24) is 0 Å². The SMILES string of the molecule is N#Cc1ccccc1N=CC1OC(=O)c2ccccc21. The van der Waals surface area contributed by atoms with Crippen LogP contribution in [0.15, 0.2) is 53.5 Å². The first-order valence-electron chi connectivity index (χ1n) is 6.13. The summed E-state index contributed by atoms with van der Waals surface area (Å²) in [5.74, 6) is -0.342. The van der Waals surface area contributed by atoms with Crippen LogP contribution in [0.25, 0.3) is 0 Å². The van der Waals surface area contributed by atoms with E-state index < -0.39 is 6.10 Å². The van der Waals surface area contributed by atoms with E-state index in [1.807, 2.05) is 18.2 Å². The van der Waals surface area contributed by atoms with Crippen LogP contribution in [0.2, 0.25) is 0 Å². The average Bonchev–Trinajstić information content (AvgIpc) is 2.82. The van der Waals surface area contributed by atoms with Gasteiger partial charge in [-0.25, -0.2) is 4.79 Å². The smallest absolute Gasteiger partial charge is 0.339 e. The molecule has 0 radical (unpaired) electrons. The summed E-state index contributed by atoms with van der Waals surface area (Å²) in [6, 6.07) is 16.3. The lowest BCUT2D eigenvalue weighted by Crippen LogP contribution is -1.99. The Morgan fingerprint density at radius 2 is 1.90 bits per heavy atom. The van der Waals surface area contributed by atoms with Crippen LogP contribution >= 0.6 is 0 Å². The van der Waals surface area contributed by atoms with Gasteiger partial charge in [0.25, 0.3) is 0 Å². The molecule has 0 saturated carbocycles. The summed E-state index contributed by atoms with van der Waals surface area (Å²) in [5, 5.41) is 9.00. The Morgan fingerprint density at radius 1 is 1.15 bits per heavy atom. The number of para-hydroxylation sites is 1. The van der Waals surface area contributed by atoms with E-state index in [-0.39, 0.29) is 5.97 Å². The van der Waals surface area contributed by atoms with Crippen LogP contribution < -0.4 is 0 Å². The molecule has 1 heterocycles. The molecule has 1 aliphatic heterocycles. The normalized spacial score (nSPS) is 16.8. The van der Waals surface area contributed by atoms with Crippen LogP contribution in [0.5, 0.6) is 0 Å². The molecular formula is C16H10N2O2. The third-order valence-corrected chi connectivity index (χ3v) is 3.09. The number of nitriles is 1. The number of carbonyl (C=O) groups is 1. The van der Waals surface area contributed by atoms with Gasteiger partial charge in [-0.05, 0) is 18.2 Å². The second-order valence-corrected chi connectivity index (χ2v) is 4.32. The Hall–Kier alpha value is -2.93. The highest BCUT2D eigenvalue weighted by atomic mass is 16.5. The van der Waals surface area contributed by atoms with Gasteiger partial charge in [0.05, 0.1) is 23.0 Å². The third-order valence-electron chi connectivity index (χ3n) is 3.09. The van der Waals surface area contributed by atoms with E-state index in [2.05, 4.69) is 11.1 Å². The maximum atomic E-state index is 11.7. The number of nitrogens with zero attached hydrogens (tertiary/aromatic N) is 2. The second kappa shape index (κ2) is 4.98. The van der Waals surface area contributed by atoms with Crippen LogP contribution in [-0.2, 0) is 4.74 Å². The fourth-order valence-corrected chi connectivity index (χ4v) is 2.11. The van der Waals surface area contributed by atoms with Crippen molar-refractivity contribution in [3.63, 3.8) is 0 Å². The first kappa shape index (κ1) is 12.1. The molecule has 2 aromatic rings. The summed E-state index contributed by atoms with van der Waals surface area (Å²) in [4.78, 5) is 15.9. The molecule has 1 aliphatic rings. The van der Waals surface area contributed by atoms with E-state index in [4.69, 9.17) is 10.00 Å². The summed E-state index contributed by atoms with van der Waals surface area (Å²) < 4.78 is 5.26. The zero-order valence-electron chi connectivity index (χ0n) is 10.5. The molecule has 0 N–H and O–H groups in total. The molecular weight excluding hydrogens is 252 g/mol. The van der Waals surface area contributed by atoms with Crippen molar-refractivity contribution in [2.24, 2.45) is 4.99 Å². The number of hydrogen-bond donors (Lipinski definition) is 0. The molecule has 0 bridgehead atoms. The number of ether oxygens (including phenoxy) is 1. The van der Waals surface area contributed by atoms with E-state index >= 15 is 0 Å². The van der Waals surface area contributed by atoms with Crippen molar-refractivity contribution in [2.75, 3.05) is 0 Å². The minimum Gasteiger partial charge on any atom is -0.448 e.